The molecule has 0 aliphatic carbocycles. The first-order chi connectivity index (χ1) is 12.3. The molecule has 4 rings (SSSR count). The molecule has 0 bridgehead atoms. The van der Waals surface area contributed by atoms with Crippen molar-refractivity contribution in [1.29, 1.82) is 0 Å². The van der Waals surface area contributed by atoms with Gasteiger partial charge in [-0.1, -0.05) is 24.3 Å². The van der Waals surface area contributed by atoms with Crippen molar-refractivity contribution < 1.29 is 4.79 Å². The number of rotatable bonds is 2. The molecule has 3 aromatic rings. The van der Waals surface area contributed by atoms with Crippen molar-refractivity contribution >= 4 is 16.8 Å². The van der Waals surface area contributed by atoms with Crippen LogP contribution in [0.15, 0.2) is 55.0 Å². The number of aromatic nitrogens is 2. The van der Waals surface area contributed by atoms with Gasteiger partial charge in [-0.2, -0.15) is 0 Å². The second kappa shape index (κ2) is 6.61. The Morgan fingerprint density at radius 1 is 1.20 bits per heavy atom. The van der Waals surface area contributed by atoms with Crippen molar-refractivity contribution in [1.82, 2.24) is 20.2 Å². The Bertz CT molecular complexity index is 910. The lowest BCUT2D eigenvalue weighted by atomic mass is 10.0. The van der Waals surface area contributed by atoms with Gasteiger partial charge in [-0.3, -0.25) is 14.8 Å². The molecule has 1 amide bonds. The summed E-state index contributed by atoms with van der Waals surface area (Å²) in [4.78, 5) is 23.9. The van der Waals surface area contributed by atoms with E-state index in [9.17, 15) is 4.79 Å². The Morgan fingerprint density at radius 3 is 2.92 bits per heavy atom. The van der Waals surface area contributed by atoms with E-state index < -0.39 is 0 Å². The number of aryl methyl sites for hydroxylation is 1. The molecule has 0 spiro atoms. The van der Waals surface area contributed by atoms with Gasteiger partial charge in [-0.05, 0) is 30.2 Å². The first kappa shape index (κ1) is 15.7. The molecule has 1 atom stereocenters. The molecule has 25 heavy (non-hydrogen) atoms. The van der Waals surface area contributed by atoms with Crippen LogP contribution in [0.3, 0.4) is 0 Å². The first-order valence-corrected chi connectivity index (χ1v) is 8.51. The fourth-order valence-electron chi connectivity index (χ4n) is 3.47. The zero-order valence-electron chi connectivity index (χ0n) is 14.1. The van der Waals surface area contributed by atoms with Crippen molar-refractivity contribution in [3.63, 3.8) is 0 Å². The summed E-state index contributed by atoms with van der Waals surface area (Å²) in [6, 6.07) is 11.9. The van der Waals surface area contributed by atoms with Crippen LogP contribution in [0.25, 0.3) is 10.9 Å². The summed E-state index contributed by atoms with van der Waals surface area (Å²) in [6.45, 7) is 4.20. The van der Waals surface area contributed by atoms with Gasteiger partial charge < -0.3 is 10.2 Å². The number of hydrogen-bond acceptors (Lipinski definition) is 4. The van der Waals surface area contributed by atoms with Gasteiger partial charge in [0.25, 0.3) is 5.91 Å². The summed E-state index contributed by atoms with van der Waals surface area (Å²) in [5, 5.41) is 4.41. The summed E-state index contributed by atoms with van der Waals surface area (Å²) in [6.07, 6.45) is 5.30. The molecule has 1 aromatic carbocycles. The van der Waals surface area contributed by atoms with Crippen LogP contribution in [0.5, 0.6) is 0 Å². The van der Waals surface area contributed by atoms with Gasteiger partial charge in [0.1, 0.15) is 0 Å². The SMILES string of the molecule is Cc1c(C(=O)N2CCNCC2c2cccnc2)cnc2ccccc12. The third-order valence-electron chi connectivity index (χ3n) is 4.85. The third-order valence-corrected chi connectivity index (χ3v) is 4.85. The molecule has 3 heterocycles. The van der Waals surface area contributed by atoms with Crippen LogP contribution >= 0.6 is 0 Å². The second-order valence-electron chi connectivity index (χ2n) is 6.32. The largest absolute Gasteiger partial charge is 0.329 e. The fraction of sp³-hybridized carbons (Fsp3) is 0.250. The first-order valence-electron chi connectivity index (χ1n) is 8.51. The molecule has 1 aliphatic heterocycles. The Balaban J connectivity index is 1.73. The minimum Gasteiger partial charge on any atom is -0.329 e. The van der Waals surface area contributed by atoms with E-state index in [1.807, 2.05) is 54.4 Å². The molecule has 0 saturated carbocycles. The molecule has 1 aliphatic rings. The summed E-state index contributed by atoms with van der Waals surface area (Å²) in [7, 11) is 0. The number of hydrogen-bond donors (Lipinski definition) is 1. The topological polar surface area (TPSA) is 58.1 Å². The number of carbonyl (C=O) groups is 1. The van der Waals surface area contributed by atoms with Crippen molar-refractivity contribution in [2.24, 2.45) is 0 Å². The number of pyridine rings is 2. The number of nitrogens with zero attached hydrogens (tertiary/aromatic N) is 3. The van der Waals surface area contributed by atoms with E-state index in [2.05, 4.69) is 15.3 Å². The zero-order valence-corrected chi connectivity index (χ0v) is 14.1. The van der Waals surface area contributed by atoms with Crippen LogP contribution in [0.4, 0.5) is 0 Å². The molecule has 5 heteroatoms. The number of benzene rings is 1. The second-order valence-corrected chi connectivity index (χ2v) is 6.32. The van der Waals surface area contributed by atoms with E-state index in [1.165, 1.54) is 0 Å². The molecule has 1 N–H and O–H groups in total. The van der Waals surface area contributed by atoms with Crippen LogP contribution in [0.2, 0.25) is 0 Å². The van der Waals surface area contributed by atoms with Crippen molar-refractivity contribution in [3.05, 3.63) is 71.7 Å². The normalized spacial score (nSPS) is 17.6. The number of piperazine rings is 1. The Kier molecular flexibility index (Phi) is 4.15. The minimum atomic E-state index is -0.0131. The maximum absolute atomic E-state index is 13.3. The van der Waals surface area contributed by atoms with Gasteiger partial charge in [0.15, 0.2) is 0 Å². The van der Waals surface area contributed by atoms with Crippen LogP contribution in [-0.2, 0) is 0 Å². The average Bonchev–Trinajstić information content (AvgIpc) is 2.69. The van der Waals surface area contributed by atoms with Crippen LogP contribution in [-0.4, -0.2) is 40.4 Å². The molecular weight excluding hydrogens is 312 g/mol. The van der Waals surface area contributed by atoms with Crippen molar-refractivity contribution in [2.75, 3.05) is 19.6 Å². The Labute approximate surface area is 146 Å². The maximum atomic E-state index is 13.3. The summed E-state index contributed by atoms with van der Waals surface area (Å²) in [5.74, 6) is 0.0334. The van der Waals surface area contributed by atoms with E-state index in [0.29, 0.717) is 12.1 Å². The zero-order chi connectivity index (χ0) is 17.2. The summed E-state index contributed by atoms with van der Waals surface area (Å²) < 4.78 is 0. The van der Waals surface area contributed by atoms with Gasteiger partial charge in [0.05, 0.1) is 17.1 Å². The summed E-state index contributed by atoms with van der Waals surface area (Å²) >= 11 is 0. The highest BCUT2D eigenvalue weighted by Gasteiger charge is 2.29. The molecule has 0 radical (unpaired) electrons. The van der Waals surface area contributed by atoms with E-state index >= 15 is 0 Å². The van der Waals surface area contributed by atoms with E-state index in [4.69, 9.17) is 0 Å². The Morgan fingerprint density at radius 2 is 2.08 bits per heavy atom. The van der Waals surface area contributed by atoms with Crippen molar-refractivity contribution in [2.45, 2.75) is 13.0 Å². The van der Waals surface area contributed by atoms with E-state index in [0.717, 1.165) is 35.1 Å². The third kappa shape index (κ3) is 2.87. The van der Waals surface area contributed by atoms with E-state index in [-0.39, 0.29) is 11.9 Å². The quantitative estimate of drug-likeness (QED) is 0.784. The van der Waals surface area contributed by atoms with Gasteiger partial charge in [0, 0.05) is 43.6 Å². The molecule has 1 saturated heterocycles. The highest BCUT2D eigenvalue weighted by molar-refractivity contribution is 6.00. The van der Waals surface area contributed by atoms with Crippen LogP contribution < -0.4 is 5.32 Å². The molecule has 1 unspecified atom stereocenters. The number of fused-ring (bicyclic) bond motifs is 1. The smallest absolute Gasteiger partial charge is 0.256 e. The molecular formula is C20H20N4O. The monoisotopic (exact) mass is 332 g/mol. The predicted octanol–water partition coefficient (Wildman–Crippen LogP) is 2.72. The molecule has 2 aromatic heterocycles. The molecule has 5 nitrogen and oxygen atoms in total. The number of carbonyl (C=O) groups excluding carboxylic acids is 1. The fourth-order valence-corrected chi connectivity index (χ4v) is 3.47. The Hall–Kier alpha value is -2.79. The number of para-hydroxylation sites is 1. The molecule has 1 fully saturated rings. The minimum absolute atomic E-state index is 0.0131. The summed E-state index contributed by atoms with van der Waals surface area (Å²) in [5.41, 5.74) is 3.63. The number of amides is 1. The van der Waals surface area contributed by atoms with Crippen LogP contribution in [0, 0.1) is 6.92 Å². The average molecular weight is 332 g/mol. The maximum Gasteiger partial charge on any atom is 0.256 e. The van der Waals surface area contributed by atoms with Gasteiger partial charge in [-0.15, -0.1) is 0 Å². The lowest BCUT2D eigenvalue weighted by molar-refractivity contribution is 0.0633. The van der Waals surface area contributed by atoms with Gasteiger partial charge >= 0.3 is 0 Å². The standard InChI is InChI=1S/C20H20N4O/c1-14-16-6-2-3-7-18(16)23-12-17(14)20(25)24-10-9-22-13-19(24)15-5-4-8-21-11-15/h2-8,11-12,19,22H,9-10,13H2,1H3. The van der Waals surface area contributed by atoms with Gasteiger partial charge in [0.2, 0.25) is 0 Å². The highest BCUT2D eigenvalue weighted by atomic mass is 16.2. The van der Waals surface area contributed by atoms with E-state index in [1.54, 1.807) is 12.4 Å². The predicted molar refractivity (Wildman–Crippen MR) is 97.4 cm³/mol. The number of nitrogens with one attached hydrogen (secondary N) is 1. The van der Waals surface area contributed by atoms with Crippen molar-refractivity contribution in [3.8, 4) is 0 Å². The van der Waals surface area contributed by atoms with Gasteiger partial charge in [-0.25, -0.2) is 0 Å². The lowest BCUT2D eigenvalue weighted by Gasteiger charge is -2.36. The molecule has 126 valence electrons. The van der Waals surface area contributed by atoms with Crippen LogP contribution in [0.1, 0.15) is 27.5 Å². The highest BCUT2D eigenvalue weighted by Crippen LogP contribution is 2.26. The lowest BCUT2D eigenvalue weighted by Crippen LogP contribution is -2.48.